The summed E-state index contributed by atoms with van der Waals surface area (Å²) in [5.41, 5.74) is 0. The first-order chi connectivity index (χ1) is 8.08. The van der Waals surface area contributed by atoms with Gasteiger partial charge in [-0.25, -0.2) is 4.98 Å². The maximum atomic E-state index is 11.0. The quantitative estimate of drug-likeness (QED) is 0.787. The number of aryl methyl sites for hydroxylation is 1. The predicted molar refractivity (Wildman–Crippen MR) is 69.4 cm³/mol. The van der Waals surface area contributed by atoms with E-state index in [1.807, 2.05) is 20.0 Å². The predicted octanol–water partition coefficient (Wildman–Crippen LogP) is 2.61. The van der Waals surface area contributed by atoms with Crippen molar-refractivity contribution in [1.82, 2.24) is 10.3 Å². The first kappa shape index (κ1) is 14.1. The Morgan fingerprint density at radius 3 is 2.76 bits per heavy atom. The van der Waals surface area contributed by atoms with Crippen molar-refractivity contribution in [2.75, 3.05) is 0 Å². The molecule has 0 bridgehead atoms. The van der Waals surface area contributed by atoms with E-state index >= 15 is 0 Å². The van der Waals surface area contributed by atoms with Crippen LogP contribution in [-0.4, -0.2) is 22.1 Å². The molecule has 0 fully saturated rings. The van der Waals surface area contributed by atoms with Gasteiger partial charge in [0.2, 0.25) is 0 Å². The lowest BCUT2D eigenvalue weighted by Gasteiger charge is -2.17. The smallest absolute Gasteiger partial charge is 0.320 e. The molecule has 1 rings (SSSR count). The molecule has 0 saturated carbocycles. The van der Waals surface area contributed by atoms with E-state index in [0.717, 1.165) is 17.8 Å². The average Bonchev–Trinajstić information content (AvgIpc) is 2.76. The van der Waals surface area contributed by atoms with Crippen LogP contribution in [0, 0.1) is 0 Å². The van der Waals surface area contributed by atoms with Gasteiger partial charge in [0.05, 0.1) is 6.04 Å². The molecule has 2 atom stereocenters. The van der Waals surface area contributed by atoms with Crippen molar-refractivity contribution in [3.63, 3.8) is 0 Å². The van der Waals surface area contributed by atoms with Gasteiger partial charge in [0, 0.05) is 11.1 Å². The number of carboxylic acid groups (broad SMARTS) is 1. The van der Waals surface area contributed by atoms with Crippen LogP contribution in [0.5, 0.6) is 0 Å². The Labute approximate surface area is 106 Å². The summed E-state index contributed by atoms with van der Waals surface area (Å²) < 4.78 is 0. The zero-order valence-electron chi connectivity index (χ0n) is 10.6. The summed E-state index contributed by atoms with van der Waals surface area (Å²) in [6, 6.07) is -0.489. The van der Waals surface area contributed by atoms with Crippen LogP contribution in [0.15, 0.2) is 6.20 Å². The molecule has 0 saturated heterocycles. The number of hydrogen-bond donors (Lipinski definition) is 2. The average molecular weight is 256 g/mol. The molecule has 1 aromatic heterocycles. The molecule has 0 radical (unpaired) electrons. The number of carbonyl (C=O) groups is 1. The van der Waals surface area contributed by atoms with Crippen LogP contribution in [0.2, 0.25) is 0 Å². The minimum Gasteiger partial charge on any atom is -0.480 e. The lowest BCUT2D eigenvalue weighted by Crippen LogP contribution is -2.38. The topological polar surface area (TPSA) is 62.2 Å². The SMILES string of the molecule is CCCC(NC(C)c1ncc(CC)s1)C(=O)O. The van der Waals surface area contributed by atoms with Gasteiger partial charge < -0.3 is 5.11 Å². The van der Waals surface area contributed by atoms with Crippen molar-refractivity contribution >= 4 is 17.3 Å². The number of aromatic nitrogens is 1. The van der Waals surface area contributed by atoms with Gasteiger partial charge in [-0.2, -0.15) is 0 Å². The maximum absolute atomic E-state index is 11.0. The number of hydrogen-bond acceptors (Lipinski definition) is 4. The number of rotatable bonds is 7. The van der Waals surface area contributed by atoms with Gasteiger partial charge in [-0.1, -0.05) is 20.3 Å². The highest BCUT2D eigenvalue weighted by Crippen LogP contribution is 2.21. The molecule has 4 nitrogen and oxygen atoms in total. The van der Waals surface area contributed by atoms with Crippen LogP contribution in [0.1, 0.15) is 49.5 Å². The van der Waals surface area contributed by atoms with Crippen LogP contribution >= 0.6 is 11.3 Å². The molecule has 0 aromatic carbocycles. The number of nitrogens with one attached hydrogen (secondary N) is 1. The Kier molecular flexibility index (Phi) is 5.58. The van der Waals surface area contributed by atoms with E-state index in [1.54, 1.807) is 11.3 Å². The molecule has 0 spiro atoms. The maximum Gasteiger partial charge on any atom is 0.320 e. The van der Waals surface area contributed by atoms with Crippen LogP contribution in [-0.2, 0) is 11.2 Å². The summed E-state index contributed by atoms with van der Waals surface area (Å²) >= 11 is 1.65. The largest absolute Gasteiger partial charge is 0.480 e. The zero-order chi connectivity index (χ0) is 12.8. The van der Waals surface area contributed by atoms with Crippen LogP contribution in [0.25, 0.3) is 0 Å². The van der Waals surface area contributed by atoms with Crippen molar-refractivity contribution < 1.29 is 9.90 Å². The molecule has 17 heavy (non-hydrogen) atoms. The number of nitrogens with zero attached hydrogens (tertiary/aromatic N) is 1. The monoisotopic (exact) mass is 256 g/mol. The van der Waals surface area contributed by atoms with Crippen LogP contribution in [0.3, 0.4) is 0 Å². The van der Waals surface area contributed by atoms with Gasteiger partial charge in [0.25, 0.3) is 0 Å². The fourth-order valence-corrected chi connectivity index (χ4v) is 2.49. The normalized spacial score (nSPS) is 14.5. The van der Waals surface area contributed by atoms with Gasteiger partial charge in [0.1, 0.15) is 11.0 Å². The molecule has 2 N–H and O–H groups in total. The molecule has 96 valence electrons. The van der Waals surface area contributed by atoms with Crippen molar-refractivity contribution in [2.24, 2.45) is 0 Å². The molecular weight excluding hydrogens is 236 g/mol. The number of aliphatic carboxylic acids is 1. The molecule has 0 aliphatic rings. The summed E-state index contributed by atoms with van der Waals surface area (Å²) in [4.78, 5) is 16.6. The number of thiazole rings is 1. The second-order valence-electron chi connectivity index (χ2n) is 4.09. The van der Waals surface area contributed by atoms with Gasteiger partial charge >= 0.3 is 5.97 Å². The fraction of sp³-hybridized carbons (Fsp3) is 0.667. The highest BCUT2D eigenvalue weighted by Gasteiger charge is 2.20. The van der Waals surface area contributed by atoms with Crippen LogP contribution < -0.4 is 5.32 Å². The molecule has 0 aliphatic heterocycles. The Morgan fingerprint density at radius 1 is 1.59 bits per heavy atom. The first-order valence-corrected chi connectivity index (χ1v) is 6.83. The van der Waals surface area contributed by atoms with E-state index in [2.05, 4.69) is 17.2 Å². The standard InChI is InChI=1S/C12H20N2O2S/c1-4-6-10(12(15)16)14-8(3)11-13-7-9(5-2)17-11/h7-8,10,14H,4-6H2,1-3H3,(H,15,16). The van der Waals surface area contributed by atoms with E-state index in [1.165, 1.54) is 4.88 Å². The van der Waals surface area contributed by atoms with Gasteiger partial charge in [0.15, 0.2) is 0 Å². The summed E-state index contributed by atoms with van der Waals surface area (Å²) in [6.07, 6.45) is 4.34. The lowest BCUT2D eigenvalue weighted by molar-refractivity contribution is -0.139. The van der Waals surface area contributed by atoms with E-state index in [4.69, 9.17) is 5.11 Å². The van der Waals surface area contributed by atoms with Crippen molar-refractivity contribution in [3.8, 4) is 0 Å². The highest BCUT2D eigenvalue weighted by molar-refractivity contribution is 7.11. The van der Waals surface area contributed by atoms with Crippen molar-refractivity contribution in [3.05, 3.63) is 16.1 Å². The van der Waals surface area contributed by atoms with Crippen molar-refractivity contribution in [2.45, 2.75) is 52.1 Å². The highest BCUT2D eigenvalue weighted by atomic mass is 32.1. The summed E-state index contributed by atoms with van der Waals surface area (Å²) in [5.74, 6) is -0.786. The summed E-state index contributed by atoms with van der Waals surface area (Å²) in [7, 11) is 0. The van der Waals surface area contributed by atoms with Gasteiger partial charge in [-0.15, -0.1) is 11.3 Å². The number of carboxylic acids is 1. The first-order valence-electron chi connectivity index (χ1n) is 6.01. The van der Waals surface area contributed by atoms with Gasteiger partial charge in [-0.05, 0) is 19.8 Å². The minimum atomic E-state index is -0.786. The molecule has 2 unspecified atom stereocenters. The Hall–Kier alpha value is -0.940. The lowest BCUT2D eigenvalue weighted by atomic mass is 10.1. The Morgan fingerprint density at radius 2 is 2.29 bits per heavy atom. The molecule has 0 aliphatic carbocycles. The zero-order valence-corrected chi connectivity index (χ0v) is 11.4. The molecule has 1 heterocycles. The molecule has 1 aromatic rings. The summed E-state index contributed by atoms with van der Waals surface area (Å²) in [5, 5.41) is 13.2. The third-order valence-electron chi connectivity index (χ3n) is 2.62. The van der Waals surface area contributed by atoms with E-state index < -0.39 is 12.0 Å². The molecule has 0 amide bonds. The Balaban J connectivity index is 2.62. The molecular formula is C12H20N2O2S. The third-order valence-corrected chi connectivity index (χ3v) is 3.94. The fourth-order valence-electron chi connectivity index (χ4n) is 1.63. The van der Waals surface area contributed by atoms with Crippen LogP contribution in [0.4, 0.5) is 0 Å². The third kappa shape index (κ3) is 4.09. The van der Waals surface area contributed by atoms with Crippen molar-refractivity contribution in [1.29, 1.82) is 0 Å². The van der Waals surface area contributed by atoms with E-state index in [9.17, 15) is 4.79 Å². The van der Waals surface area contributed by atoms with Gasteiger partial charge in [-0.3, -0.25) is 10.1 Å². The van der Waals surface area contributed by atoms with E-state index in [0.29, 0.717) is 6.42 Å². The van der Waals surface area contributed by atoms with E-state index in [-0.39, 0.29) is 6.04 Å². The Bertz CT molecular complexity index is 365. The minimum absolute atomic E-state index is 0.00653. The second kappa shape index (κ2) is 6.71. The summed E-state index contributed by atoms with van der Waals surface area (Å²) in [6.45, 7) is 6.04. The second-order valence-corrected chi connectivity index (χ2v) is 5.23. The molecule has 5 heteroatoms.